The minimum absolute atomic E-state index is 0.159. The highest BCUT2D eigenvalue weighted by molar-refractivity contribution is 6.15. The molecule has 5 nitrogen and oxygen atoms in total. The van der Waals surface area contributed by atoms with Crippen molar-refractivity contribution in [1.29, 1.82) is 0 Å². The molecule has 1 heterocycles. The van der Waals surface area contributed by atoms with Gasteiger partial charge in [-0.15, -0.1) is 0 Å². The second-order valence-electron chi connectivity index (χ2n) is 5.56. The molecule has 2 aromatic carbocycles. The van der Waals surface area contributed by atoms with Crippen LogP contribution < -0.4 is 9.47 Å². The Bertz CT molecular complexity index is 837. The van der Waals surface area contributed by atoms with Crippen LogP contribution in [0.4, 0.5) is 0 Å². The van der Waals surface area contributed by atoms with Crippen LogP contribution in [-0.4, -0.2) is 25.0 Å². The highest BCUT2D eigenvalue weighted by Crippen LogP contribution is 2.37. The fraction of sp³-hybridized carbons (Fsp3) is 0.200. The molecule has 0 aromatic heterocycles. The van der Waals surface area contributed by atoms with Crippen molar-refractivity contribution in [2.75, 3.05) is 13.2 Å². The number of benzene rings is 2. The van der Waals surface area contributed by atoms with Gasteiger partial charge in [-0.05, 0) is 37.1 Å². The number of ketones is 1. The average Bonchev–Trinajstić information content (AvgIpc) is 2.90. The van der Waals surface area contributed by atoms with E-state index in [9.17, 15) is 9.59 Å². The minimum Gasteiger partial charge on any atom is -0.482 e. The molecule has 25 heavy (non-hydrogen) atoms. The van der Waals surface area contributed by atoms with E-state index in [-0.39, 0.29) is 18.1 Å². The van der Waals surface area contributed by atoms with Crippen molar-refractivity contribution >= 4 is 17.8 Å². The van der Waals surface area contributed by atoms with Crippen LogP contribution in [0.15, 0.2) is 48.2 Å². The van der Waals surface area contributed by atoms with Crippen LogP contribution >= 0.6 is 0 Å². The predicted molar refractivity (Wildman–Crippen MR) is 92.7 cm³/mol. The summed E-state index contributed by atoms with van der Waals surface area (Å²) >= 11 is 0. The molecular formula is C20H18O5. The summed E-state index contributed by atoms with van der Waals surface area (Å²) in [6, 6.07) is 12.8. The van der Waals surface area contributed by atoms with Gasteiger partial charge >= 0.3 is 5.97 Å². The third kappa shape index (κ3) is 3.71. The van der Waals surface area contributed by atoms with Crippen molar-refractivity contribution in [1.82, 2.24) is 0 Å². The summed E-state index contributed by atoms with van der Waals surface area (Å²) in [5, 5.41) is 0. The molecule has 128 valence electrons. The molecule has 0 atom stereocenters. The van der Waals surface area contributed by atoms with Crippen LogP contribution in [0.2, 0.25) is 0 Å². The minimum atomic E-state index is -0.442. The first-order valence-electron chi connectivity index (χ1n) is 8.01. The van der Waals surface area contributed by atoms with E-state index < -0.39 is 5.97 Å². The summed E-state index contributed by atoms with van der Waals surface area (Å²) in [6.07, 6.45) is 1.71. The van der Waals surface area contributed by atoms with Gasteiger partial charge in [-0.2, -0.15) is 0 Å². The van der Waals surface area contributed by atoms with E-state index in [4.69, 9.17) is 14.2 Å². The summed E-state index contributed by atoms with van der Waals surface area (Å²) < 4.78 is 16.0. The van der Waals surface area contributed by atoms with Crippen LogP contribution in [0, 0.1) is 6.92 Å². The van der Waals surface area contributed by atoms with Gasteiger partial charge in [0.15, 0.2) is 12.4 Å². The highest BCUT2D eigenvalue weighted by Gasteiger charge is 2.30. The molecule has 1 aliphatic rings. The zero-order chi connectivity index (χ0) is 17.8. The summed E-state index contributed by atoms with van der Waals surface area (Å²) in [5.41, 5.74) is 2.14. The van der Waals surface area contributed by atoms with E-state index in [1.807, 2.05) is 37.3 Å². The molecule has 0 bridgehead atoms. The molecule has 5 heteroatoms. The molecule has 2 aromatic rings. The summed E-state index contributed by atoms with van der Waals surface area (Å²) in [4.78, 5) is 24.0. The second kappa shape index (κ2) is 7.21. The zero-order valence-corrected chi connectivity index (χ0v) is 14.1. The van der Waals surface area contributed by atoms with Gasteiger partial charge in [0.1, 0.15) is 11.5 Å². The van der Waals surface area contributed by atoms with Gasteiger partial charge in [-0.3, -0.25) is 4.79 Å². The van der Waals surface area contributed by atoms with E-state index >= 15 is 0 Å². The predicted octanol–water partition coefficient (Wildman–Crippen LogP) is 3.55. The van der Waals surface area contributed by atoms with Gasteiger partial charge in [-0.1, -0.05) is 30.3 Å². The number of Topliss-reactive ketones (excluding diaryl/α,β-unsaturated/α-hetero) is 1. The van der Waals surface area contributed by atoms with Gasteiger partial charge in [-0.25, -0.2) is 4.79 Å². The molecule has 0 fully saturated rings. The smallest absolute Gasteiger partial charge is 0.344 e. The number of fused-ring (bicyclic) bond motifs is 1. The van der Waals surface area contributed by atoms with Gasteiger partial charge < -0.3 is 14.2 Å². The molecule has 0 amide bonds. The van der Waals surface area contributed by atoms with Crippen molar-refractivity contribution < 1.29 is 23.8 Å². The Hall–Kier alpha value is -3.08. The molecule has 3 rings (SSSR count). The van der Waals surface area contributed by atoms with Crippen molar-refractivity contribution in [3.8, 4) is 11.5 Å². The maximum absolute atomic E-state index is 12.6. The normalized spacial score (nSPS) is 14.2. The van der Waals surface area contributed by atoms with Crippen molar-refractivity contribution in [2.45, 2.75) is 13.8 Å². The second-order valence-corrected chi connectivity index (χ2v) is 5.56. The Morgan fingerprint density at radius 3 is 2.68 bits per heavy atom. The number of carbonyl (C=O) groups is 2. The van der Waals surface area contributed by atoms with Crippen molar-refractivity contribution in [3.05, 3.63) is 64.9 Å². The molecule has 0 unspecified atom stereocenters. The number of hydrogen-bond acceptors (Lipinski definition) is 5. The third-order valence-electron chi connectivity index (χ3n) is 3.70. The van der Waals surface area contributed by atoms with Crippen LogP contribution in [0.3, 0.4) is 0 Å². The quantitative estimate of drug-likeness (QED) is 0.616. The number of rotatable bonds is 5. The lowest BCUT2D eigenvalue weighted by Gasteiger charge is -2.08. The topological polar surface area (TPSA) is 61.8 Å². The van der Waals surface area contributed by atoms with E-state index in [1.54, 1.807) is 25.1 Å². The fourth-order valence-electron chi connectivity index (χ4n) is 2.61. The first-order valence-corrected chi connectivity index (χ1v) is 8.01. The van der Waals surface area contributed by atoms with E-state index in [0.29, 0.717) is 23.7 Å². The van der Waals surface area contributed by atoms with E-state index in [2.05, 4.69) is 0 Å². The third-order valence-corrected chi connectivity index (χ3v) is 3.70. The lowest BCUT2D eigenvalue weighted by molar-refractivity contribution is -0.145. The van der Waals surface area contributed by atoms with E-state index in [1.165, 1.54) is 0 Å². The largest absolute Gasteiger partial charge is 0.482 e. The lowest BCUT2D eigenvalue weighted by Crippen LogP contribution is -2.14. The Morgan fingerprint density at radius 2 is 1.96 bits per heavy atom. The van der Waals surface area contributed by atoms with Crippen LogP contribution in [0.25, 0.3) is 6.08 Å². The lowest BCUT2D eigenvalue weighted by atomic mass is 10.0. The molecular weight excluding hydrogens is 320 g/mol. The van der Waals surface area contributed by atoms with Gasteiger partial charge in [0.2, 0.25) is 5.78 Å². The van der Waals surface area contributed by atoms with Gasteiger partial charge in [0.25, 0.3) is 0 Å². The Kier molecular flexibility index (Phi) is 4.84. The molecule has 0 radical (unpaired) electrons. The zero-order valence-electron chi connectivity index (χ0n) is 14.1. The van der Waals surface area contributed by atoms with Crippen LogP contribution in [0.5, 0.6) is 11.5 Å². The number of allylic oxidation sites excluding steroid dienone is 1. The first-order chi connectivity index (χ1) is 12.1. The number of ether oxygens (including phenoxy) is 3. The molecule has 0 saturated carbocycles. The molecule has 0 N–H and O–H groups in total. The number of carbonyl (C=O) groups excluding carboxylic acids is 2. The first kappa shape index (κ1) is 16.8. The summed E-state index contributed by atoms with van der Waals surface area (Å²) in [6.45, 7) is 3.66. The highest BCUT2D eigenvalue weighted by atomic mass is 16.6. The number of hydrogen-bond donors (Lipinski definition) is 0. The number of aryl methyl sites for hydroxylation is 1. The van der Waals surface area contributed by atoms with Crippen LogP contribution in [0.1, 0.15) is 28.4 Å². The molecule has 1 aliphatic heterocycles. The Balaban J connectivity index is 1.82. The molecule has 0 saturated heterocycles. The molecule has 0 spiro atoms. The maximum Gasteiger partial charge on any atom is 0.344 e. The SMILES string of the molecule is CCOC(=O)COc1cc(C)c2c(c1)O/C(=C\c1ccccc1)C2=O. The van der Waals surface area contributed by atoms with Gasteiger partial charge in [0, 0.05) is 6.07 Å². The van der Waals surface area contributed by atoms with Gasteiger partial charge in [0.05, 0.1) is 12.2 Å². The molecule has 0 aliphatic carbocycles. The monoisotopic (exact) mass is 338 g/mol. The average molecular weight is 338 g/mol. The standard InChI is InChI=1S/C20H18O5/c1-3-23-18(21)12-24-15-9-13(2)19-16(11-15)25-17(20(19)22)10-14-7-5-4-6-8-14/h4-11H,3,12H2,1-2H3/b17-10-. The number of esters is 1. The summed E-state index contributed by atoms with van der Waals surface area (Å²) in [5.74, 6) is 0.562. The summed E-state index contributed by atoms with van der Waals surface area (Å²) in [7, 11) is 0. The Morgan fingerprint density at radius 1 is 1.20 bits per heavy atom. The van der Waals surface area contributed by atoms with E-state index in [0.717, 1.165) is 11.1 Å². The van der Waals surface area contributed by atoms with Crippen LogP contribution in [-0.2, 0) is 9.53 Å². The van der Waals surface area contributed by atoms with Crippen molar-refractivity contribution in [2.24, 2.45) is 0 Å². The maximum atomic E-state index is 12.6. The van der Waals surface area contributed by atoms with Crippen molar-refractivity contribution in [3.63, 3.8) is 0 Å². The Labute approximate surface area is 145 Å². The fourth-order valence-corrected chi connectivity index (χ4v) is 2.61.